The second-order valence-corrected chi connectivity index (χ2v) is 8.35. The van der Waals surface area contributed by atoms with E-state index in [0.717, 1.165) is 40.1 Å². The van der Waals surface area contributed by atoms with Gasteiger partial charge in [0.1, 0.15) is 0 Å². The minimum absolute atomic E-state index is 0.155. The second kappa shape index (κ2) is 6.81. The summed E-state index contributed by atoms with van der Waals surface area (Å²) in [6, 6.07) is 14.6. The number of para-hydroxylation sites is 2. The lowest BCUT2D eigenvalue weighted by Gasteiger charge is -2.13. The molecule has 5 aromatic rings. The Balaban J connectivity index is 1.66. The lowest BCUT2D eigenvalue weighted by atomic mass is 10.2. The van der Waals surface area contributed by atoms with E-state index in [1.165, 1.54) is 17.4 Å². The molecule has 0 fully saturated rings. The van der Waals surface area contributed by atoms with Crippen molar-refractivity contribution in [1.29, 1.82) is 0 Å². The fourth-order valence-corrected chi connectivity index (χ4v) is 4.88. The van der Waals surface area contributed by atoms with Gasteiger partial charge < -0.3 is 4.57 Å². The molecule has 31 heavy (non-hydrogen) atoms. The summed E-state index contributed by atoms with van der Waals surface area (Å²) < 4.78 is 43.3. The Bertz CT molecular complexity index is 1570. The van der Waals surface area contributed by atoms with E-state index in [-0.39, 0.29) is 5.56 Å². The van der Waals surface area contributed by atoms with Crippen LogP contribution in [0.15, 0.2) is 59.4 Å². The van der Waals surface area contributed by atoms with E-state index < -0.39 is 11.7 Å². The summed E-state index contributed by atoms with van der Waals surface area (Å²) >= 11 is 1.30. The van der Waals surface area contributed by atoms with Crippen LogP contribution in [-0.4, -0.2) is 14.0 Å². The van der Waals surface area contributed by atoms with E-state index in [2.05, 4.69) is 4.98 Å². The van der Waals surface area contributed by atoms with Gasteiger partial charge in [0.05, 0.1) is 21.1 Å². The van der Waals surface area contributed by atoms with Crippen LogP contribution in [0.3, 0.4) is 0 Å². The van der Waals surface area contributed by atoms with Crippen molar-refractivity contribution >= 4 is 33.4 Å². The van der Waals surface area contributed by atoms with Gasteiger partial charge in [-0.1, -0.05) is 29.5 Å². The number of nitrogens with zero attached hydrogens (tertiary/aromatic N) is 3. The first-order valence-electron chi connectivity index (χ1n) is 9.52. The number of aromatic nitrogens is 3. The predicted octanol–water partition coefficient (Wildman–Crippen LogP) is 4.88. The molecule has 0 atom stereocenters. The van der Waals surface area contributed by atoms with Crippen molar-refractivity contribution in [3.05, 3.63) is 92.0 Å². The van der Waals surface area contributed by atoms with Gasteiger partial charge in [0.25, 0.3) is 5.56 Å². The first-order chi connectivity index (χ1) is 14.7. The van der Waals surface area contributed by atoms with Crippen molar-refractivity contribution < 1.29 is 13.2 Å². The molecule has 156 valence electrons. The SMILES string of the molecule is Cc1cc(/C=c2/sc3nc4ccccc4n3c2=O)c(C)n1-c1cccc(C(F)(F)F)c1. The Hall–Kier alpha value is -3.39. The lowest BCUT2D eigenvalue weighted by molar-refractivity contribution is -0.137. The number of rotatable bonds is 2. The molecular weight excluding hydrogens is 423 g/mol. The van der Waals surface area contributed by atoms with Crippen LogP contribution in [0.1, 0.15) is 22.5 Å². The molecule has 3 heterocycles. The van der Waals surface area contributed by atoms with Crippen LogP contribution >= 0.6 is 11.3 Å². The molecule has 0 aliphatic heterocycles. The quantitative estimate of drug-likeness (QED) is 0.393. The molecule has 0 spiro atoms. The molecule has 0 bridgehead atoms. The van der Waals surface area contributed by atoms with Crippen LogP contribution in [0.5, 0.6) is 0 Å². The highest BCUT2D eigenvalue weighted by atomic mass is 32.1. The molecule has 0 aliphatic carbocycles. The summed E-state index contributed by atoms with van der Waals surface area (Å²) in [6.07, 6.45) is -2.63. The first-order valence-corrected chi connectivity index (χ1v) is 10.3. The second-order valence-electron chi connectivity index (χ2n) is 7.34. The highest BCUT2D eigenvalue weighted by molar-refractivity contribution is 7.15. The minimum atomic E-state index is -4.41. The number of imidazole rings is 1. The van der Waals surface area contributed by atoms with Gasteiger partial charge in [-0.05, 0) is 61.9 Å². The third kappa shape index (κ3) is 3.14. The number of hydrogen-bond donors (Lipinski definition) is 0. The largest absolute Gasteiger partial charge is 0.416 e. The number of fused-ring (bicyclic) bond motifs is 3. The van der Waals surface area contributed by atoms with Gasteiger partial charge in [0.2, 0.25) is 0 Å². The van der Waals surface area contributed by atoms with Crippen molar-refractivity contribution in [2.24, 2.45) is 0 Å². The van der Waals surface area contributed by atoms with E-state index in [1.54, 1.807) is 21.1 Å². The summed E-state index contributed by atoms with van der Waals surface area (Å²) in [5, 5.41) is 0. The van der Waals surface area contributed by atoms with Crippen molar-refractivity contribution in [2.45, 2.75) is 20.0 Å². The monoisotopic (exact) mass is 439 g/mol. The fraction of sp³-hybridized carbons (Fsp3) is 0.130. The molecule has 2 aromatic carbocycles. The van der Waals surface area contributed by atoms with E-state index in [0.29, 0.717) is 15.2 Å². The molecule has 0 saturated carbocycles. The normalized spacial score (nSPS) is 13.0. The van der Waals surface area contributed by atoms with Gasteiger partial charge in [-0.25, -0.2) is 9.38 Å². The molecule has 0 aliphatic rings. The third-order valence-electron chi connectivity index (χ3n) is 5.33. The summed E-state index contributed by atoms with van der Waals surface area (Å²) in [5.41, 5.74) is 3.41. The number of hydrogen-bond acceptors (Lipinski definition) is 3. The fourth-order valence-electron chi connectivity index (χ4n) is 3.91. The van der Waals surface area contributed by atoms with Gasteiger partial charge in [-0.3, -0.25) is 4.79 Å². The Labute approximate surface area is 178 Å². The van der Waals surface area contributed by atoms with E-state index >= 15 is 0 Å². The number of benzene rings is 2. The molecule has 4 nitrogen and oxygen atoms in total. The van der Waals surface area contributed by atoms with Gasteiger partial charge in [0.15, 0.2) is 4.96 Å². The lowest BCUT2D eigenvalue weighted by Crippen LogP contribution is -2.22. The summed E-state index contributed by atoms with van der Waals surface area (Å²) in [4.78, 5) is 18.1. The number of halogens is 3. The topological polar surface area (TPSA) is 39.3 Å². The highest BCUT2D eigenvalue weighted by Gasteiger charge is 2.30. The molecule has 0 radical (unpaired) electrons. The van der Waals surface area contributed by atoms with Crippen molar-refractivity contribution in [2.75, 3.05) is 0 Å². The predicted molar refractivity (Wildman–Crippen MR) is 116 cm³/mol. The average molecular weight is 439 g/mol. The Morgan fingerprint density at radius 3 is 2.58 bits per heavy atom. The molecule has 0 N–H and O–H groups in total. The van der Waals surface area contributed by atoms with Crippen LogP contribution in [0, 0.1) is 13.8 Å². The first kappa shape index (κ1) is 19.6. The smallest absolute Gasteiger partial charge is 0.318 e. The number of aryl methyl sites for hydroxylation is 1. The van der Waals surface area contributed by atoms with Crippen LogP contribution in [0.2, 0.25) is 0 Å². The molecule has 0 unspecified atom stereocenters. The van der Waals surface area contributed by atoms with Crippen LogP contribution < -0.4 is 10.1 Å². The molecule has 0 saturated heterocycles. The van der Waals surface area contributed by atoms with E-state index in [9.17, 15) is 18.0 Å². The Morgan fingerprint density at radius 2 is 1.81 bits per heavy atom. The summed E-state index contributed by atoms with van der Waals surface area (Å²) in [6.45, 7) is 3.66. The standard InChI is InChI=1S/C23H16F3N3OS/c1-13-10-15(14(2)28(13)17-7-5-6-16(12-17)23(24,25)26)11-20-21(30)29-19-9-4-3-8-18(19)27-22(29)31-20/h3-12H,1-2H3/b20-11+. The Morgan fingerprint density at radius 1 is 1.03 bits per heavy atom. The van der Waals surface area contributed by atoms with Crippen LogP contribution in [-0.2, 0) is 6.18 Å². The van der Waals surface area contributed by atoms with Crippen molar-refractivity contribution in [3.8, 4) is 5.69 Å². The maximum absolute atomic E-state index is 13.1. The maximum atomic E-state index is 13.1. The van der Waals surface area contributed by atoms with Gasteiger partial charge in [0, 0.05) is 17.1 Å². The summed E-state index contributed by atoms with van der Waals surface area (Å²) in [5.74, 6) is 0. The van der Waals surface area contributed by atoms with Crippen LogP contribution in [0.4, 0.5) is 13.2 Å². The Kier molecular flexibility index (Phi) is 4.30. The molecule has 5 rings (SSSR count). The molecule has 3 aromatic heterocycles. The zero-order valence-electron chi connectivity index (χ0n) is 16.6. The van der Waals surface area contributed by atoms with E-state index in [4.69, 9.17) is 0 Å². The zero-order chi connectivity index (χ0) is 21.9. The molecule has 0 amide bonds. The van der Waals surface area contributed by atoms with Crippen molar-refractivity contribution in [1.82, 2.24) is 14.0 Å². The average Bonchev–Trinajstić information content (AvgIpc) is 3.32. The van der Waals surface area contributed by atoms with Gasteiger partial charge >= 0.3 is 6.18 Å². The summed E-state index contributed by atoms with van der Waals surface area (Å²) in [7, 11) is 0. The minimum Gasteiger partial charge on any atom is -0.318 e. The third-order valence-corrected chi connectivity index (χ3v) is 6.30. The van der Waals surface area contributed by atoms with Crippen LogP contribution in [0.25, 0.3) is 27.8 Å². The highest BCUT2D eigenvalue weighted by Crippen LogP contribution is 2.31. The maximum Gasteiger partial charge on any atom is 0.416 e. The van der Waals surface area contributed by atoms with Gasteiger partial charge in [-0.15, -0.1) is 0 Å². The van der Waals surface area contributed by atoms with E-state index in [1.807, 2.05) is 44.2 Å². The van der Waals surface area contributed by atoms with Crippen molar-refractivity contribution in [3.63, 3.8) is 0 Å². The zero-order valence-corrected chi connectivity index (χ0v) is 17.4. The molecule has 8 heteroatoms. The number of alkyl halides is 3. The van der Waals surface area contributed by atoms with Gasteiger partial charge in [-0.2, -0.15) is 13.2 Å². The number of thiazole rings is 1. The molecular formula is C23H16F3N3OS.